The second-order valence-electron chi connectivity index (χ2n) is 5.34. The number of carbonyl (C=O) groups excluding carboxylic acids is 1. The van der Waals surface area contributed by atoms with Crippen molar-refractivity contribution in [1.82, 2.24) is 19.6 Å². The van der Waals surface area contributed by atoms with Gasteiger partial charge in [0.15, 0.2) is 0 Å². The summed E-state index contributed by atoms with van der Waals surface area (Å²) in [6, 6.07) is 6.65. The van der Waals surface area contributed by atoms with E-state index in [0.29, 0.717) is 25.0 Å². The molecule has 0 saturated carbocycles. The molecule has 2 saturated heterocycles. The van der Waals surface area contributed by atoms with Crippen molar-refractivity contribution in [2.75, 3.05) is 6.54 Å². The van der Waals surface area contributed by atoms with Crippen LogP contribution in [0.5, 0.6) is 0 Å². The Kier molecular flexibility index (Phi) is 2.35. The van der Waals surface area contributed by atoms with Gasteiger partial charge in [-0.05, 0) is 25.1 Å². The summed E-state index contributed by atoms with van der Waals surface area (Å²) in [5.41, 5.74) is 1.90. The van der Waals surface area contributed by atoms with E-state index in [1.807, 2.05) is 39.9 Å². The number of aromatic nitrogens is 2. The van der Waals surface area contributed by atoms with E-state index in [1.165, 1.54) is 0 Å². The van der Waals surface area contributed by atoms with Crippen molar-refractivity contribution in [1.29, 1.82) is 0 Å². The molecule has 0 bridgehead atoms. The van der Waals surface area contributed by atoms with Gasteiger partial charge in [0.1, 0.15) is 5.65 Å². The van der Waals surface area contributed by atoms with Gasteiger partial charge in [0.25, 0.3) is 0 Å². The summed E-state index contributed by atoms with van der Waals surface area (Å²) in [6.45, 7) is 1.65. The lowest BCUT2D eigenvalue weighted by atomic mass is 10.1. The Bertz CT molecular complexity index is 602. The number of hydrogen-bond donors (Lipinski definition) is 1. The molecule has 98 valence electrons. The van der Waals surface area contributed by atoms with E-state index in [-0.39, 0.29) is 5.91 Å². The Hall–Kier alpha value is -1.88. The number of fused-ring (bicyclic) bond motifs is 2. The van der Waals surface area contributed by atoms with Crippen LogP contribution in [0.2, 0.25) is 0 Å². The number of rotatable bonds is 2. The molecule has 19 heavy (non-hydrogen) atoms. The fourth-order valence-corrected chi connectivity index (χ4v) is 3.27. The van der Waals surface area contributed by atoms with E-state index >= 15 is 0 Å². The fourth-order valence-electron chi connectivity index (χ4n) is 3.27. The lowest BCUT2D eigenvalue weighted by Gasteiger charge is -2.22. The van der Waals surface area contributed by atoms with E-state index in [2.05, 4.69) is 10.3 Å². The summed E-state index contributed by atoms with van der Waals surface area (Å²) in [5, 5.41) is 3.40. The van der Waals surface area contributed by atoms with Crippen LogP contribution >= 0.6 is 0 Å². The average molecular weight is 256 g/mol. The van der Waals surface area contributed by atoms with Gasteiger partial charge in [0.05, 0.1) is 12.2 Å². The third-order valence-electron chi connectivity index (χ3n) is 4.17. The molecule has 2 aliphatic rings. The number of pyridine rings is 1. The topological polar surface area (TPSA) is 49.6 Å². The Labute approximate surface area is 111 Å². The number of hydrogen-bond acceptors (Lipinski definition) is 3. The highest BCUT2D eigenvalue weighted by atomic mass is 16.2. The van der Waals surface area contributed by atoms with Crippen LogP contribution < -0.4 is 5.32 Å². The predicted octanol–water partition coefficient (Wildman–Crippen LogP) is 0.797. The maximum absolute atomic E-state index is 12.1. The number of likely N-dealkylation sites (tertiary alicyclic amines) is 1. The van der Waals surface area contributed by atoms with Gasteiger partial charge < -0.3 is 14.6 Å². The summed E-state index contributed by atoms with van der Waals surface area (Å²) >= 11 is 0. The molecule has 2 aromatic heterocycles. The predicted molar refractivity (Wildman–Crippen MR) is 70.6 cm³/mol. The minimum Gasteiger partial charge on any atom is -0.332 e. The van der Waals surface area contributed by atoms with Crippen molar-refractivity contribution in [3.8, 4) is 0 Å². The van der Waals surface area contributed by atoms with Crippen LogP contribution in [-0.2, 0) is 11.3 Å². The molecular formula is C14H16N4O. The molecule has 4 heterocycles. The average Bonchev–Trinajstić information content (AvgIpc) is 3.06. The minimum atomic E-state index is 0.249. The number of nitrogens with one attached hydrogen (secondary N) is 1. The van der Waals surface area contributed by atoms with E-state index < -0.39 is 0 Å². The van der Waals surface area contributed by atoms with Crippen molar-refractivity contribution in [3.05, 3.63) is 36.3 Å². The van der Waals surface area contributed by atoms with Gasteiger partial charge in [-0.1, -0.05) is 6.07 Å². The Morgan fingerprint density at radius 3 is 3.26 bits per heavy atom. The zero-order valence-corrected chi connectivity index (χ0v) is 10.6. The molecule has 5 nitrogen and oxygen atoms in total. The molecule has 2 fully saturated rings. The molecule has 1 N–H and O–H groups in total. The molecule has 2 aliphatic heterocycles. The molecule has 0 aliphatic carbocycles. The summed E-state index contributed by atoms with van der Waals surface area (Å²) < 4.78 is 2.00. The first-order valence-corrected chi connectivity index (χ1v) is 6.77. The molecule has 0 radical (unpaired) electrons. The van der Waals surface area contributed by atoms with Gasteiger partial charge in [-0.25, -0.2) is 4.98 Å². The quantitative estimate of drug-likeness (QED) is 0.864. The number of nitrogens with zero attached hydrogens (tertiary/aromatic N) is 3. The monoisotopic (exact) mass is 256 g/mol. The summed E-state index contributed by atoms with van der Waals surface area (Å²) in [6.07, 6.45) is 5.69. The SMILES string of the molecule is O=C1C[C@H]2NCC[C@H]2N1Cc1cn2ccccc2n1. The van der Waals surface area contributed by atoms with Crippen molar-refractivity contribution in [3.63, 3.8) is 0 Å². The number of carbonyl (C=O) groups is 1. The smallest absolute Gasteiger partial charge is 0.224 e. The zero-order valence-electron chi connectivity index (χ0n) is 10.6. The molecule has 0 unspecified atom stereocenters. The highest BCUT2D eigenvalue weighted by molar-refractivity contribution is 5.80. The van der Waals surface area contributed by atoms with Crippen molar-refractivity contribution in [2.24, 2.45) is 0 Å². The van der Waals surface area contributed by atoms with Crippen LogP contribution in [0.1, 0.15) is 18.5 Å². The highest BCUT2D eigenvalue weighted by Crippen LogP contribution is 2.27. The first kappa shape index (κ1) is 11.0. The Balaban J connectivity index is 1.61. The normalized spacial score (nSPS) is 26.3. The first-order valence-electron chi connectivity index (χ1n) is 6.77. The van der Waals surface area contributed by atoms with Crippen LogP contribution in [0.15, 0.2) is 30.6 Å². The summed E-state index contributed by atoms with van der Waals surface area (Å²) in [5.74, 6) is 0.249. The molecular weight excluding hydrogens is 240 g/mol. The highest BCUT2D eigenvalue weighted by Gasteiger charge is 2.42. The van der Waals surface area contributed by atoms with E-state index in [0.717, 1.165) is 24.3 Å². The maximum Gasteiger partial charge on any atom is 0.224 e. The van der Waals surface area contributed by atoms with Crippen LogP contribution in [0.25, 0.3) is 5.65 Å². The summed E-state index contributed by atoms with van der Waals surface area (Å²) in [7, 11) is 0. The van der Waals surface area contributed by atoms with Crippen LogP contribution in [0.4, 0.5) is 0 Å². The third kappa shape index (κ3) is 1.73. The minimum absolute atomic E-state index is 0.249. The van der Waals surface area contributed by atoms with Gasteiger partial charge in [0, 0.05) is 30.9 Å². The van der Waals surface area contributed by atoms with Crippen LogP contribution in [0, 0.1) is 0 Å². The maximum atomic E-state index is 12.1. The Morgan fingerprint density at radius 2 is 2.37 bits per heavy atom. The second kappa shape index (κ2) is 4.06. The fraction of sp³-hybridized carbons (Fsp3) is 0.429. The van der Waals surface area contributed by atoms with Crippen molar-refractivity contribution < 1.29 is 4.79 Å². The Morgan fingerprint density at radius 1 is 1.42 bits per heavy atom. The number of imidazole rings is 1. The third-order valence-corrected chi connectivity index (χ3v) is 4.17. The largest absolute Gasteiger partial charge is 0.332 e. The molecule has 0 aromatic carbocycles. The molecule has 4 rings (SSSR count). The molecule has 2 atom stereocenters. The standard InChI is InChI=1S/C14H16N4O/c19-14-7-11-12(4-5-15-11)18(14)9-10-8-17-6-2-1-3-13(17)16-10/h1-3,6,8,11-12,15H,4-5,7,9H2/t11-,12-/m1/s1. The van der Waals surface area contributed by atoms with Crippen LogP contribution in [-0.4, -0.2) is 38.8 Å². The van der Waals surface area contributed by atoms with E-state index in [4.69, 9.17) is 0 Å². The first-order chi connectivity index (χ1) is 9.31. The lowest BCUT2D eigenvalue weighted by Crippen LogP contribution is -2.35. The molecule has 2 aromatic rings. The van der Waals surface area contributed by atoms with E-state index in [1.54, 1.807) is 0 Å². The second-order valence-corrected chi connectivity index (χ2v) is 5.34. The zero-order chi connectivity index (χ0) is 12.8. The van der Waals surface area contributed by atoms with Crippen molar-refractivity contribution in [2.45, 2.75) is 31.5 Å². The van der Waals surface area contributed by atoms with Gasteiger partial charge in [0.2, 0.25) is 5.91 Å². The molecule has 5 heteroatoms. The van der Waals surface area contributed by atoms with Gasteiger partial charge >= 0.3 is 0 Å². The van der Waals surface area contributed by atoms with Crippen molar-refractivity contribution >= 4 is 11.6 Å². The summed E-state index contributed by atoms with van der Waals surface area (Å²) in [4.78, 5) is 18.6. The van der Waals surface area contributed by atoms with Gasteiger partial charge in [-0.3, -0.25) is 4.79 Å². The van der Waals surface area contributed by atoms with Gasteiger partial charge in [-0.2, -0.15) is 0 Å². The molecule has 1 amide bonds. The lowest BCUT2D eigenvalue weighted by molar-refractivity contribution is -0.129. The number of amides is 1. The van der Waals surface area contributed by atoms with Gasteiger partial charge in [-0.15, -0.1) is 0 Å². The molecule has 0 spiro atoms. The van der Waals surface area contributed by atoms with Crippen LogP contribution in [0.3, 0.4) is 0 Å². The van der Waals surface area contributed by atoms with E-state index in [9.17, 15) is 4.79 Å².